The highest BCUT2D eigenvalue weighted by atomic mass is 79.9. The number of halogens is 1. The molecule has 0 fully saturated rings. The fraction of sp³-hybridized carbons (Fsp3) is 0.235. The molecule has 1 heterocycles. The number of anilines is 1. The zero-order valence-electron chi connectivity index (χ0n) is 13.4. The molecule has 1 aromatic carbocycles. The summed E-state index contributed by atoms with van der Waals surface area (Å²) in [7, 11) is 0. The molecule has 0 aliphatic rings. The van der Waals surface area contributed by atoms with Gasteiger partial charge in [-0.25, -0.2) is 5.43 Å². The molecule has 0 saturated carbocycles. The summed E-state index contributed by atoms with van der Waals surface area (Å²) in [6.45, 7) is 4.00. The average Bonchev–Trinajstić information content (AvgIpc) is 2.94. The predicted molar refractivity (Wildman–Crippen MR) is 102 cm³/mol. The first-order chi connectivity index (χ1) is 11.4. The van der Waals surface area contributed by atoms with E-state index in [0.29, 0.717) is 0 Å². The smallest absolute Gasteiger partial charge is 0.240 e. The molecule has 0 spiro atoms. The van der Waals surface area contributed by atoms with Crippen LogP contribution in [0.1, 0.15) is 28.8 Å². The van der Waals surface area contributed by atoms with Crippen LogP contribution in [0, 0.1) is 13.8 Å². The molecule has 24 heavy (non-hydrogen) atoms. The van der Waals surface area contributed by atoms with Gasteiger partial charge in [0.05, 0.1) is 10.0 Å². The van der Waals surface area contributed by atoms with Gasteiger partial charge in [-0.2, -0.15) is 5.10 Å². The monoisotopic (exact) mass is 407 g/mol. The van der Waals surface area contributed by atoms with Crippen LogP contribution in [-0.4, -0.2) is 18.0 Å². The third kappa shape index (κ3) is 5.90. The number of nitrogens with one attached hydrogen (secondary N) is 2. The van der Waals surface area contributed by atoms with E-state index in [2.05, 4.69) is 31.8 Å². The van der Waals surface area contributed by atoms with Crippen LogP contribution in [-0.2, 0) is 9.59 Å². The van der Waals surface area contributed by atoms with E-state index in [1.807, 2.05) is 44.2 Å². The Morgan fingerprint density at radius 3 is 2.54 bits per heavy atom. The van der Waals surface area contributed by atoms with E-state index in [-0.39, 0.29) is 24.7 Å². The number of nitrogens with zero attached hydrogens (tertiary/aromatic N) is 1. The second-order valence-electron chi connectivity index (χ2n) is 5.28. The van der Waals surface area contributed by atoms with Gasteiger partial charge in [-0.1, -0.05) is 6.07 Å². The van der Waals surface area contributed by atoms with E-state index in [0.717, 1.165) is 19.9 Å². The van der Waals surface area contributed by atoms with Crippen LogP contribution in [0.25, 0.3) is 0 Å². The molecule has 2 rings (SSSR count). The van der Waals surface area contributed by atoms with Gasteiger partial charge in [0.2, 0.25) is 11.8 Å². The van der Waals surface area contributed by atoms with Crippen LogP contribution in [0.3, 0.4) is 0 Å². The lowest BCUT2D eigenvalue weighted by Gasteiger charge is -2.07. The molecule has 2 N–H and O–H groups in total. The average molecular weight is 408 g/mol. The number of aryl methyl sites for hydroxylation is 2. The Hall–Kier alpha value is -1.99. The summed E-state index contributed by atoms with van der Waals surface area (Å²) >= 11 is 4.87. The highest BCUT2D eigenvalue weighted by Gasteiger charge is 2.07. The number of carbonyl (C=O) groups is 2. The van der Waals surface area contributed by atoms with E-state index < -0.39 is 0 Å². The molecule has 0 atom stereocenters. The minimum absolute atomic E-state index is 0.0855. The van der Waals surface area contributed by atoms with E-state index >= 15 is 0 Å². The van der Waals surface area contributed by atoms with Crippen molar-refractivity contribution in [2.75, 3.05) is 5.32 Å². The molecular formula is C17H18BrN3O2S. The maximum Gasteiger partial charge on any atom is 0.240 e. The number of thiophene rings is 1. The van der Waals surface area contributed by atoms with E-state index in [9.17, 15) is 9.59 Å². The van der Waals surface area contributed by atoms with Crippen molar-refractivity contribution in [2.45, 2.75) is 26.7 Å². The van der Waals surface area contributed by atoms with Crippen LogP contribution in [0.15, 0.2) is 39.2 Å². The van der Waals surface area contributed by atoms with Gasteiger partial charge in [0.25, 0.3) is 0 Å². The van der Waals surface area contributed by atoms with Gasteiger partial charge in [0, 0.05) is 23.4 Å². The number of amides is 2. The predicted octanol–water partition coefficient (Wildman–Crippen LogP) is 4.00. The Labute approximate surface area is 153 Å². The SMILES string of the molecule is Cc1ccc(NC(=O)CCC(=O)NN=Cc2ccc(Br)s2)cc1C. The molecule has 0 radical (unpaired) electrons. The molecule has 5 nitrogen and oxygen atoms in total. The van der Waals surface area contributed by atoms with Crippen molar-refractivity contribution in [1.29, 1.82) is 0 Å². The summed E-state index contributed by atoms with van der Waals surface area (Å²) in [4.78, 5) is 24.5. The number of hydrogen-bond donors (Lipinski definition) is 2. The lowest BCUT2D eigenvalue weighted by Crippen LogP contribution is -2.20. The molecule has 1 aromatic heterocycles. The van der Waals surface area contributed by atoms with Crippen LogP contribution < -0.4 is 10.7 Å². The van der Waals surface area contributed by atoms with E-state index in [1.165, 1.54) is 16.9 Å². The normalized spacial score (nSPS) is 10.8. The first-order valence-electron chi connectivity index (χ1n) is 7.38. The summed E-state index contributed by atoms with van der Waals surface area (Å²) < 4.78 is 0.998. The third-order valence-electron chi connectivity index (χ3n) is 3.34. The zero-order chi connectivity index (χ0) is 17.5. The molecule has 0 bridgehead atoms. The lowest BCUT2D eigenvalue weighted by atomic mass is 10.1. The Balaban J connectivity index is 1.73. The van der Waals surface area contributed by atoms with Gasteiger partial charge in [-0.05, 0) is 65.2 Å². The largest absolute Gasteiger partial charge is 0.326 e. The third-order valence-corrected chi connectivity index (χ3v) is 4.90. The Bertz CT molecular complexity index is 771. The fourth-order valence-electron chi connectivity index (χ4n) is 1.89. The molecule has 2 amide bonds. The molecular weight excluding hydrogens is 390 g/mol. The first-order valence-corrected chi connectivity index (χ1v) is 8.99. The van der Waals surface area contributed by atoms with Crippen LogP contribution in [0.4, 0.5) is 5.69 Å². The maximum absolute atomic E-state index is 11.9. The number of benzene rings is 1. The maximum atomic E-state index is 11.9. The molecule has 0 aliphatic carbocycles. The van der Waals surface area contributed by atoms with Gasteiger partial charge in [0.1, 0.15) is 0 Å². The topological polar surface area (TPSA) is 70.6 Å². The van der Waals surface area contributed by atoms with Crippen LogP contribution in [0.2, 0.25) is 0 Å². The molecule has 7 heteroatoms. The van der Waals surface area contributed by atoms with Gasteiger partial charge in [-0.3, -0.25) is 9.59 Å². The summed E-state index contributed by atoms with van der Waals surface area (Å²) in [5.74, 6) is -0.489. The van der Waals surface area contributed by atoms with Crippen molar-refractivity contribution >= 4 is 51.0 Å². The first kappa shape index (κ1) is 18.4. The highest BCUT2D eigenvalue weighted by molar-refractivity contribution is 9.11. The van der Waals surface area contributed by atoms with Gasteiger partial charge >= 0.3 is 0 Å². The number of hydrazone groups is 1. The summed E-state index contributed by atoms with van der Waals surface area (Å²) in [6, 6.07) is 9.52. The molecule has 0 aliphatic heterocycles. The van der Waals surface area contributed by atoms with Crippen molar-refractivity contribution in [3.63, 3.8) is 0 Å². The standard InChI is InChI=1S/C17H18BrN3O2S/c1-11-3-4-13(9-12(11)2)20-16(22)7-8-17(23)21-19-10-14-5-6-15(18)24-14/h3-6,9-10H,7-8H2,1-2H3,(H,20,22)(H,21,23). The second-order valence-corrected chi connectivity index (χ2v) is 7.78. The van der Waals surface area contributed by atoms with Gasteiger partial charge in [-0.15, -0.1) is 11.3 Å². The summed E-state index contributed by atoms with van der Waals surface area (Å²) in [6.07, 6.45) is 1.77. The van der Waals surface area contributed by atoms with Crippen molar-refractivity contribution in [3.8, 4) is 0 Å². The molecule has 126 valence electrons. The molecule has 0 unspecified atom stereocenters. The number of rotatable bonds is 6. The van der Waals surface area contributed by atoms with Gasteiger partial charge in [0.15, 0.2) is 0 Å². The summed E-state index contributed by atoms with van der Waals surface area (Å²) in [5.41, 5.74) is 5.44. The number of carbonyl (C=O) groups excluding carboxylic acids is 2. The van der Waals surface area contributed by atoms with E-state index in [4.69, 9.17) is 0 Å². The lowest BCUT2D eigenvalue weighted by molar-refractivity contribution is -0.124. The Morgan fingerprint density at radius 2 is 1.88 bits per heavy atom. The quantitative estimate of drug-likeness (QED) is 0.561. The second kappa shape index (κ2) is 8.75. The van der Waals surface area contributed by atoms with E-state index in [1.54, 1.807) is 6.21 Å². The van der Waals surface area contributed by atoms with Crippen molar-refractivity contribution in [3.05, 3.63) is 50.1 Å². The Kier molecular flexibility index (Phi) is 6.69. The van der Waals surface area contributed by atoms with Crippen molar-refractivity contribution in [1.82, 2.24) is 5.43 Å². The Morgan fingerprint density at radius 1 is 1.12 bits per heavy atom. The summed E-state index contributed by atoms with van der Waals surface area (Å²) in [5, 5.41) is 6.66. The minimum Gasteiger partial charge on any atom is -0.326 e. The molecule has 2 aromatic rings. The van der Waals surface area contributed by atoms with Gasteiger partial charge < -0.3 is 5.32 Å². The van der Waals surface area contributed by atoms with Crippen LogP contribution >= 0.6 is 27.3 Å². The van der Waals surface area contributed by atoms with Crippen molar-refractivity contribution in [2.24, 2.45) is 5.10 Å². The minimum atomic E-state index is -0.294. The zero-order valence-corrected chi connectivity index (χ0v) is 15.8. The number of hydrogen-bond acceptors (Lipinski definition) is 4. The molecule has 0 saturated heterocycles. The van der Waals surface area contributed by atoms with Crippen molar-refractivity contribution < 1.29 is 9.59 Å². The van der Waals surface area contributed by atoms with Crippen LogP contribution in [0.5, 0.6) is 0 Å². The fourth-order valence-corrected chi connectivity index (χ4v) is 3.19. The highest BCUT2D eigenvalue weighted by Crippen LogP contribution is 2.20.